The summed E-state index contributed by atoms with van der Waals surface area (Å²) in [5.74, 6) is -0.375. The van der Waals surface area contributed by atoms with E-state index in [0.717, 1.165) is 11.6 Å². The highest BCUT2D eigenvalue weighted by Gasteiger charge is 2.56. The van der Waals surface area contributed by atoms with Crippen molar-refractivity contribution in [2.75, 3.05) is 11.9 Å². The second-order valence-corrected chi connectivity index (χ2v) is 6.27. The summed E-state index contributed by atoms with van der Waals surface area (Å²) in [6, 6.07) is 6.50. The molecule has 0 radical (unpaired) electrons. The van der Waals surface area contributed by atoms with E-state index in [-0.39, 0.29) is 5.76 Å². The van der Waals surface area contributed by atoms with Crippen LogP contribution in [-0.4, -0.2) is 23.9 Å². The van der Waals surface area contributed by atoms with Gasteiger partial charge in [-0.1, -0.05) is 17.7 Å². The number of aryl methyl sites for hydroxylation is 2. The summed E-state index contributed by atoms with van der Waals surface area (Å²) >= 11 is 5.94. The van der Waals surface area contributed by atoms with Gasteiger partial charge in [-0.3, -0.25) is 0 Å². The summed E-state index contributed by atoms with van der Waals surface area (Å²) in [5, 5.41) is 15.3. The minimum Gasteiger partial charge on any atom is -0.463 e. The molecule has 1 aromatic carbocycles. The molecule has 0 bridgehead atoms. The van der Waals surface area contributed by atoms with Gasteiger partial charge in [-0.2, -0.15) is 13.2 Å². The maximum Gasteiger partial charge on any atom is 0.424 e. The summed E-state index contributed by atoms with van der Waals surface area (Å²) in [4.78, 5) is 11.8. The molecule has 0 spiro atoms. The summed E-state index contributed by atoms with van der Waals surface area (Å²) in [7, 11) is 0. The third-order valence-corrected chi connectivity index (χ3v) is 4.23. The van der Waals surface area contributed by atoms with Gasteiger partial charge < -0.3 is 20.2 Å². The maximum absolute atomic E-state index is 13.3. The molecule has 0 fully saturated rings. The van der Waals surface area contributed by atoms with Crippen molar-refractivity contribution in [3.63, 3.8) is 0 Å². The number of urea groups is 1. The van der Waals surface area contributed by atoms with Crippen molar-refractivity contribution in [1.82, 2.24) is 5.32 Å². The number of carbonyl (C=O) groups is 1. The number of nitrogens with one attached hydrogen (secondary N) is 2. The zero-order valence-corrected chi connectivity index (χ0v) is 14.8. The van der Waals surface area contributed by atoms with Crippen molar-refractivity contribution in [3.05, 3.63) is 52.4 Å². The Morgan fingerprint density at radius 3 is 2.46 bits per heavy atom. The molecular formula is C17H18ClF3N2O3. The highest BCUT2D eigenvalue weighted by atomic mass is 35.5. The Hall–Kier alpha value is -2.19. The number of benzene rings is 1. The lowest BCUT2D eigenvalue weighted by Crippen LogP contribution is -2.45. The SMILES string of the molecule is Cc1ccc([C@](O)(CCNC(=O)Nc2ccc(C)c(Cl)c2)C(F)(F)F)o1. The Labute approximate surface area is 153 Å². The van der Waals surface area contributed by atoms with Crippen molar-refractivity contribution >= 4 is 23.3 Å². The molecule has 0 unspecified atom stereocenters. The van der Waals surface area contributed by atoms with E-state index in [2.05, 4.69) is 10.6 Å². The molecule has 9 heteroatoms. The largest absolute Gasteiger partial charge is 0.463 e. The molecule has 0 saturated heterocycles. The van der Waals surface area contributed by atoms with Crippen molar-refractivity contribution in [2.45, 2.75) is 32.0 Å². The third-order valence-electron chi connectivity index (χ3n) is 3.82. The van der Waals surface area contributed by atoms with Gasteiger partial charge >= 0.3 is 12.2 Å². The molecule has 0 aliphatic carbocycles. The Morgan fingerprint density at radius 2 is 1.92 bits per heavy atom. The number of aliphatic hydroxyl groups is 1. The Balaban J connectivity index is 1.99. The molecule has 0 saturated carbocycles. The van der Waals surface area contributed by atoms with Gasteiger partial charge in [0.25, 0.3) is 0 Å². The lowest BCUT2D eigenvalue weighted by atomic mass is 9.96. The molecule has 1 aromatic heterocycles. The number of alkyl halides is 3. The lowest BCUT2D eigenvalue weighted by molar-refractivity contribution is -0.274. The molecule has 2 amide bonds. The molecule has 1 heterocycles. The van der Waals surface area contributed by atoms with Crippen LogP contribution in [0.5, 0.6) is 0 Å². The van der Waals surface area contributed by atoms with Crippen LogP contribution in [0.15, 0.2) is 34.7 Å². The summed E-state index contributed by atoms with van der Waals surface area (Å²) in [6.45, 7) is 2.83. The predicted octanol–water partition coefficient (Wildman–Crippen LogP) is 4.51. The van der Waals surface area contributed by atoms with Crippen LogP contribution < -0.4 is 10.6 Å². The number of rotatable bonds is 5. The van der Waals surface area contributed by atoms with E-state index in [1.54, 1.807) is 19.1 Å². The highest BCUT2D eigenvalue weighted by molar-refractivity contribution is 6.31. The van der Waals surface area contributed by atoms with Crippen LogP contribution in [0.1, 0.15) is 23.5 Å². The van der Waals surface area contributed by atoms with Crippen LogP contribution >= 0.6 is 11.6 Å². The van der Waals surface area contributed by atoms with E-state index in [1.807, 2.05) is 0 Å². The average molecular weight is 391 g/mol. The van der Waals surface area contributed by atoms with Gasteiger partial charge in [0.15, 0.2) is 0 Å². The zero-order valence-electron chi connectivity index (χ0n) is 14.1. The number of hydrogen-bond donors (Lipinski definition) is 3. The molecule has 142 valence electrons. The van der Waals surface area contributed by atoms with Gasteiger partial charge in [-0.05, 0) is 43.7 Å². The quantitative estimate of drug-likeness (QED) is 0.703. The third kappa shape index (κ3) is 4.50. The van der Waals surface area contributed by atoms with E-state index in [4.69, 9.17) is 16.0 Å². The fourth-order valence-electron chi connectivity index (χ4n) is 2.26. The lowest BCUT2D eigenvalue weighted by Gasteiger charge is -2.28. The van der Waals surface area contributed by atoms with Crippen LogP contribution in [0.4, 0.5) is 23.7 Å². The number of anilines is 1. The smallest absolute Gasteiger partial charge is 0.424 e. The minimum atomic E-state index is -4.96. The molecule has 2 aromatic rings. The van der Waals surface area contributed by atoms with Gasteiger partial charge in [-0.25, -0.2) is 4.79 Å². The van der Waals surface area contributed by atoms with Gasteiger partial charge in [0.1, 0.15) is 11.5 Å². The second-order valence-electron chi connectivity index (χ2n) is 5.86. The molecule has 3 N–H and O–H groups in total. The van der Waals surface area contributed by atoms with Gasteiger partial charge in [0.2, 0.25) is 5.60 Å². The number of furan rings is 1. The fourth-order valence-corrected chi connectivity index (χ4v) is 2.44. The van der Waals surface area contributed by atoms with Crippen molar-refractivity contribution in [2.24, 2.45) is 0 Å². The summed E-state index contributed by atoms with van der Waals surface area (Å²) < 4.78 is 44.8. The van der Waals surface area contributed by atoms with Crippen molar-refractivity contribution in [1.29, 1.82) is 0 Å². The second kappa shape index (κ2) is 7.59. The molecule has 0 aliphatic heterocycles. The van der Waals surface area contributed by atoms with Crippen LogP contribution in [-0.2, 0) is 5.60 Å². The first-order valence-electron chi connectivity index (χ1n) is 7.70. The monoisotopic (exact) mass is 390 g/mol. The van der Waals surface area contributed by atoms with E-state index in [0.29, 0.717) is 10.7 Å². The van der Waals surface area contributed by atoms with Crippen LogP contribution in [0.2, 0.25) is 5.02 Å². The Bertz CT molecular complexity index is 792. The first-order valence-corrected chi connectivity index (χ1v) is 8.08. The molecule has 0 aliphatic rings. The molecule has 1 atom stereocenters. The van der Waals surface area contributed by atoms with Gasteiger partial charge in [-0.15, -0.1) is 0 Å². The van der Waals surface area contributed by atoms with Crippen molar-refractivity contribution in [3.8, 4) is 0 Å². The van der Waals surface area contributed by atoms with E-state index in [1.165, 1.54) is 19.1 Å². The predicted molar refractivity (Wildman–Crippen MR) is 91.2 cm³/mol. The topological polar surface area (TPSA) is 74.5 Å². The fraction of sp³-hybridized carbons (Fsp3) is 0.353. The number of halogens is 4. The van der Waals surface area contributed by atoms with Gasteiger partial charge in [0.05, 0.1) is 0 Å². The average Bonchev–Trinajstić information content (AvgIpc) is 2.96. The molecule has 2 rings (SSSR count). The minimum absolute atomic E-state index is 0.240. The van der Waals surface area contributed by atoms with E-state index in [9.17, 15) is 23.1 Å². The van der Waals surface area contributed by atoms with Crippen molar-refractivity contribution < 1.29 is 27.5 Å². The van der Waals surface area contributed by atoms with Crippen LogP contribution in [0.3, 0.4) is 0 Å². The standard InChI is InChI=1S/C17H18ClF3N2O3/c1-10-3-5-12(9-13(10)18)23-15(24)22-8-7-16(25,17(19,20)21)14-6-4-11(2)26-14/h3-6,9,25H,7-8H2,1-2H3,(H2,22,23,24)/t16-/m1/s1. The first kappa shape index (κ1) is 20.1. The Kier molecular flexibility index (Phi) is 5.87. The molecule has 26 heavy (non-hydrogen) atoms. The normalized spacial score (nSPS) is 14.0. The molecular weight excluding hydrogens is 373 g/mol. The zero-order chi connectivity index (χ0) is 19.5. The molecule has 5 nitrogen and oxygen atoms in total. The van der Waals surface area contributed by atoms with E-state index < -0.39 is 36.5 Å². The van der Waals surface area contributed by atoms with E-state index >= 15 is 0 Å². The number of carbonyl (C=O) groups excluding carboxylic acids is 1. The number of amides is 2. The Morgan fingerprint density at radius 1 is 1.23 bits per heavy atom. The summed E-state index contributed by atoms with van der Waals surface area (Å²) in [6.07, 6.45) is -5.76. The highest BCUT2D eigenvalue weighted by Crippen LogP contribution is 2.42. The summed E-state index contributed by atoms with van der Waals surface area (Å²) in [5.41, 5.74) is -1.98. The first-order chi connectivity index (χ1) is 12.0. The van der Waals surface area contributed by atoms with Crippen LogP contribution in [0.25, 0.3) is 0 Å². The maximum atomic E-state index is 13.3. The number of hydrogen-bond acceptors (Lipinski definition) is 3. The van der Waals surface area contributed by atoms with Gasteiger partial charge in [0, 0.05) is 23.7 Å². The van der Waals surface area contributed by atoms with Crippen LogP contribution in [0, 0.1) is 13.8 Å².